The molecule has 9 nitrogen and oxygen atoms in total. The van der Waals surface area contributed by atoms with E-state index in [1.54, 1.807) is 6.92 Å². The maximum Gasteiger partial charge on any atom is 0.408 e. The Balaban J connectivity index is 1.66. The first kappa shape index (κ1) is 27.8. The number of nitrogens with one attached hydrogen (secondary N) is 1. The van der Waals surface area contributed by atoms with E-state index in [1.165, 1.54) is 0 Å². The van der Waals surface area contributed by atoms with Gasteiger partial charge in [0.1, 0.15) is 6.54 Å². The van der Waals surface area contributed by atoms with Gasteiger partial charge >= 0.3 is 12.1 Å². The van der Waals surface area contributed by atoms with Crippen LogP contribution >= 0.6 is 0 Å². The van der Waals surface area contributed by atoms with Crippen molar-refractivity contribution in [3.8, 4) is 28.4 Å². The van der Waals surface area contributed by atoms with Gasteiger partial charge in [-0.2, -0.15) is 23.5 Å². The van der Waals surface area contributed by atoms with Crippen molar-refractivity contribution >= 4 is 5.97 Å². The Labute approximate surface area is 223 Å². The van der Waals surface area contributed by atoms with Crippen molar-refractivity contribution in [3.05, 3.63) is 65.4 Å². The van der Waals surface area contributed by atoms with Gasteiger partial charge in [0.15, 0.2) is 6.61 Å². The van der Waals surface area contributed by atoms with Gasteiger partial charge in [0.2, 0.25) is 11.7 Å². The van der Waals surface area contributed by atoms with Crippen molar-refractivity contribution in [2.24, 2.45) is 0 Å². The Kier molecular flexibility index (Phi) is 8.95. The Morgan fingerprint density at radius 2 is 1.79 bits per heavy atom. The van der Waals surface area contributed by atoms with E-state index in [2.05, 4.69) is 25.7 Å². The van der Waals surface area contributed by atoms with Crippen LogP contribution in [0, 0.1) is 0 Å². The number of nitrogens with zero attached hydrogens (tertiary/aromatic N) is 5. The first-order valence-electron chi connectivity index (χ1n) is 12.6. The number of halogens is 3. The SMILES string of the molecule is CCCCc1nn(CC(F)(F)F)c(OCC(=O)OCC)c1Cc1ccc(-c2ccccc2-c2nn[nH]n2)cc1. The second kappa shape index (κ2) is 12.5. The topological polar surface area (TPSA) is 108 Å². The Morgan fingerprint density at radius 3 is 2.44 bits per heavy atom. The van der Waals surface area contributed by atoms with Crippen LogP contribution in [0.3, 0.4) is 0 Å². The highest BCUT2D eigenvalue weighted by Gasteiger charge is 2.32. The van der Waals surface area contributed by atoms with Crippen LogP contribution in [0.5, 0.6) is 5.88 Å². The highest BCUT2D eigenvalue weighted by Crippen LogP contribution is 2.33. The number of aromatic nitrogens is 6. The number of hydrogen-bond donors (Lipinski definition) is 1. The molecule has 0 unspecified atom stereocenters. The molecule has 0 saturated heterocycles. The van der Waals surface area contributed by atoms with Crippen molar-refractivity contribution < 1.29 is 27.4 Å². The molecule has 206 valence electrons. The number of unbranched alkanes of at least 4 members (excludes halogenated alkanes) is 1. The minimum atomic E-state index is -4.51. The molecule has 0 spiro atoms. The van der Waals surface area contributed by atoms with Gasteiger partial charge in [-0.1, -0.05) is 61.9 Å². The summed E-state index contributed by atoms with van der Waals surface area (Å²) >= 11 is 0. The van der Waals surface area contributed by atoms with E-state index >= 15 is 0 Å². The van der Waals surface area contributed by atoms with Gasteiger partial charge in [-0.05, 0) is 41.7 Å². The average Bonchev–Trinajstić information content (AvgIpc) is 3.55. The third kappa shape index (κ3) is 7.21. The quantitative estimate of drug-likeness (QED) is 0.246. The minimum absolute atomic E-state index is 0.0713. The summed E-state index contributed by atoms with van der Waals surface area (Å²) in [7, 11) is 0. The van der Waals surface area contributed by atoms with Crippen molar-refractivity contribution in [1.29, 1.82) is 0 Å². The predicted molar refractivity (Wildman–Crippen MR) is 137 cm³/mol. The van der Waals surface area contributed by atoms with Crippen LogP contribution in [0.4, 0.5) is 13.2 Å². The predicted octanol–water partition coefficient (Wildman–Crippen LogP) is 5.17. The summed E-state index contributed by atoms with van der Waals surface area (Å²) in [5, 5.41) is 18.5. The number of aromatic amines is 1. The molecular formula is C27H29F3N6O3. The number of hydrogen-bond acceptors (Lipinski definition) is 7. The number of esters is 1. The number of H-pyrrole nitrogens is 1. The molecule has 2 aromatic heterocycles. The van der Waals surface area contributed by atoms with Crippen LogP contribution in [0.15, 0.2) is 48.5 Å². The average molecular weight is 543 g/mol. The third-order valence-electron chi connectivity index (χ3n) is 5.97. The molecule has 0 atom stereocenters. The standard InChI is InChI=1S/C27H29F3N6O3/c1-3-5-10-23-22(26(39-16-24(37)38-4-2)36(33-23)17-27(28,29)30)15-18-11-13-19(14-12-18)20-8-6-7-9-21(20)25-31-34-35-32-25/h6-9,11-14H,3-5,10,15-17H2,1-2H3,(H,31,32,34,35). The molecule has 4 rings (SSSR count). The molecule has 0 bridgehead atoms. The minimum Gasteiger partial charge on any atom is -0.466 e. The fourth-order valence-corrected chi connectivity index (χ4v) is 4.23. The number of alkyl halides is 3. The highest BCUT2D eigenvalue weighted by atomic mass is 19.4. The van der Waals surface area contributed by atoms with Crippen LogP contribution < -0.4 is 4.74 Å². The second-order valence-electron chi connectivity index (χ2n) is 8.86. The van der Waals surface area contributed by atoms with E-state index in [1.807, 2.05) is 55.5 Å². The summed E-state index contributed by atoms with van der Waals surface area (Å²) in [5.74, 6) is -0.267. The van der Waals surface area contributed by atoms with Crippen molar-refractivity contribution in [2.45, 2.75) is 52.3 Å². The van der Waals surface area contributed by atoms with E-state index < -0.39 is 25.3 Å². The summed E-state index contributed by atoms with van der Waals surface area (Å²) in [4.78, 5) is 11.9. The number of carbonyl (C=O) groups excluding carboxylic acids is 1. The summed E-state index contributed by atoms with van der Waals surface area (Å²) in [6.07, 6.45) is -2.15. The van der Waals surface area contributed by atoms with Gasteiger partial charge in [0.25, 0.3) is 0 Å². The molecule has 0 saturated carbocycles. The van der Waals surface area contributed by atoms with Crippen LogP contribution in [0.2, 0.25) is 0 Å². The molecule has 1 N–H and O–H groups in total. The smallest absolute Gasteiger partial charge is 0.408 e. The van der Waals surface area contributed by atoms with Gasteiger partial charge in [0, 0.05) is 17.5 Å². The molecule has 2 heterocycles. The Bertz CT molecular complexity index is 1370. The van der Waals surface area contributed by atoms with Crippen LogP contribution in [0.25, 0.3) is 22.5 Å². The van der Waals surface area contributed by atoms with Gasteiger partial charge in [-0.3, -0.25) is 0 Å². The van der Waals surface area contributed by atoms with E-state index in [0.717, 1.165) is 39.8 Å². The maximum atomic E-state index is 13.4. The van der Waals surface area contributed by atoms with Crippen LogP contribution in [-0.2, 0) is 28.9 Å². The molecule has 0 aliphatic heterocycles. The molecule has 12 heteroatoms. The molecule has 0 aliphatic rings. The molecule has 39 heavy (non-hydrogen) atoms. The number of tetrazole rings is 1. The summed E-state index contributed by atoms with van der Waals surface area (Å²) in [5.41, 5.74) is 4.52. The molecule has 0 fully saturated rings. The van der Waals surface area contributed by atoms with Gasteiger partial charge in [0.05, 0.1) is 12.3 Å². The lowest BCUT2D eigenvalue weighted by Gasteiger charge is -2.13. The zero-order valence-electron chi connectivity index (χ0n) is 21.7. The highest BCUT2D eigenvalue weighted by molar-refractivity contribution is 5.80. The van der Waals surface area contributed by atoms with E-state index in [-0.39, 0.29) is 18.9 Å². The van der Waals surface area contributed by atoms with Crippen LogP contribution in [-0.4, -0.2) is 55.8 Å². The van der Waals surface area contributed by atoms with E-state index in [4.69, 9.17) is 9.47 Å². The number of ether oxygens (including phenoxy) is 2. The molecule has 0 radical (unpaired) electrons. The monoisotopic (exact) mass is 542 g/mol. The molecule has 0 amide bonds. The lowest BCUT2D eigenvalue weighted by molar-refractivity contribution is -0.146. The normalized spacial score (nSPS) is 11.5. The van der Waals surface area contributed by atoms with E-state index in [0.29, 0.717) is 23.5 Å². The Hall–Kier alpha value is -4.22. The fourth-order valence-electron chi connectivity index (χ4n) is 4.23. The largest absolute Gasteiger partial charge is 0.466 e. The number of rotatable bonds is 12. The van der Waals surface area contributed by atoms with Crippen molar-refractivity contribution in [3.63, 3.8) is 0 Å². The number of benzene rings is 2. The second-order valence-corrected chi connectivity index (χ2v) is 8.86. The third-order valence-corrected chi connectivity index (χ3v) is 5.97. The van der Waals surface area contributed by atoms with E-state index in [9.17, 15) is 18.0 Å². The summed E-state index contributed by atoms with van der Waals surface area (Å²) in [6.45, 7) is 1.94. The van der Waals surface area contributed by atoms with Gasteiger partial charge in [-0.25, -0.2) is 9.48 Å². The zero-order chi connectivity index (χ0) is 27.8. The molecular weight excluding hydrogens is 513 g/mol. The first-order valence-corrected chi connectivity index (χ1v) is 12.6. The number of carbonyl (C=O) groups is 1. The lowest BCUT2D eigenvalue weighted by atomic mass is 9.96. The van der Waals surface area contributed by atoms with Gasteiger partial charge < -0.3 is 9.47 Å². The first-order chi connectivity index (χ1) is 18.8. The fraction of sp³-hybridized carbons (Fsp3) is 0.370. The van der Waals surface area contributed by atoms with Gasteiger partial charge in [-0.15, -0.1) is 10.2 Å². The summed E-state index contributed by atoms with van der Waals surface area (Å²) < 4.78 is 51.4. The zero-order valence-corrected chi connectivity index (χ0v) is 21.7. The van der Waals surface area contributed by atoms with Crippen molar-refractivity contribution in [2.75, 3.05) is 13.2 Å². The maximum absolute atomic E-state index is 13.4. The lowest BCUT2D eigenvalue weighted by Crippen LogP contribution is -2.22. The molecule has 0 aliphatic carbocycles. The summed E-state index contributed by atoms with van der Waals surface area (Å²) in [6, 6.07) is 15.3. The van der Waals surface area contributed by atoms with Crippen molar-refractivity contribution in [1.82, 2.24) is 30.4 Å². The molecule has 4 aromatic rings. The molecule has 2 aromatic carbocycles. The van der Waals surface area contributed by atoms with Crippen LogP contribution in [0.1, 0.15) is 43.5 Å². The number of aryl methyl sites for hydroxylation is 1. The Morgan fingerprint density at radius 1 is 1.05 bits per heavy atom.